The van der Waals surface area contributed by atoms with E-state index < -0.39 is 18.5 Å². The van der Waals surface area contributed by atoms with Crippen LogP contribution >= 0.6 is 0 Å². The van der Waals surface area contributed by atoms with Crippen molar-refractivity contribution in [3.05, 3.63) is 53.6 Å². The van der Waals surface area contributed by atoms with Gasteiger partial charge in [0.25, 0.3) is 5.91 Å². The topological polar surface area (TPSA) is 94.1 Å². The summed E-state index contributed by atoms with van der Waals surface area (Å²) >= 11 is 0. The van der Waals surface area contributed by atoms with Crippen LogP contribution in [0.4, 0.5) is 0 Å². The van der Waals surface area contributed by atoms with Crippen molar-refractivity contribution in [1.82, 2.24) is 5.32 Å². The molecule has 0 radical (unpaired) electrons. The highest BCUT2D eigenvalue weighted by Gasteiger charge is 2.21. The lowest BCUT2D eigenvalue weighted by molar-refractivity contribution is -0.124. The summed E-state index contributed by atoms with van der Waals surface area (Å²) < 4.78 is 16.2. The van der Waals surface area contributed by atoms with Crippen molar-refractivity contribution in [3.63, 3.8) is 0 Å². The maximum absolute atomic E-state index is 11.9. The molecule has 0 saturated carbocycles. The molecule has 0 saturated heterocycles. The molecular formula is C19H19NO6. The highest BCUT2D eigenvalue weighted by atomic mass is 16.6. The van der Waals surface area contributed by atoms with E-state index in [1.165, 1.54) is 12.1 Å². The van der Waals surface area contributed by atoms with Crippen LogP contribution in [0.2, 0.25) is 0 Å². The zero-order chi connectivity index (χ0) is 18.5. The van der Waals surface area contributed by atoms with Gasteiger partial charge in [0.05, 0.1) is 12.1 Å². The maximum Gasteiger partial charge on any atom is 0.338 e. The van der Waals surface area contributed by atoms with Gasteiger partial charge in [-0.3, -0.25) is 4.79 Å². The summed E-state index contributed by atoms with van der Waals surface area (Å²) in [6.07, 6.45) is -0.321. The number of phenolic OH excluding ortho intramolecular Hbond substituents is 1. The van der Waals surface area contributed by atoms with Gasteiger partial charge in [-0.05, 0) is 36.8 Å². The molecule has 1 aliphatic heterocycles. The first-order valence-electron chi connectivity index (χ1n) is 8.15. The number of esters is 1. The van der Waals surface area contributed by atoms with Crippen LogP contribution in [-0.2, 0) is 9.53 Å². The first-order valence-corrected chi connectivity index (χ1v) is 8.15. The Morgan fingerprint density at radius 3 is 2.77 bits per heavy atom. The van der Waals surface area contributed by atoms with Gasteiger partial charge in [0.1, 0.15) is 18.5 Å². The van der Waals surface area contributed by atoms with Crippen molar-refractivity contribution < 1.29 is 28.9 Å². The average Bonchev–Trinajstić information content (AvgIpc) is 2.66. The number of benzene rings is 2. The number of hydrogen-bond donors (Lipinski definition) is 2. The molecule has 1 unspecified atom stereocenters. The number of rotatable bonds is 5. The van der Waals surface area contributed by atoms with Gasteiger partial charge < -0.3 is 24.6 Å². The minimum absolute atomic E-state index is 0.00127. The zero-order valence-corrected chi connectivity index (χ0v) is 14.2. The molecule has 3 rings (SSSR count). The molecule has 136 valence electrons. The van der Waals surface area contributed by atoms with E-state index in [0.717, 1.165) is 0 Å². The van der Waals surface area contributed by atoms with Crippen molar-refractivity contribution in [2.24, 2.45) is 0 Å². The minimum atomic E-state index is -0.679. The number of ether oxygens (including phenoxy) is 3. The Morgan fingerprint density at radius 1 is 1.23 bits per heavy atom. The molecule has 0 aromatic heterocycles. The number of fused-ring (bicyclic) bond motifs is 1. The molecule has 1 atom stereocenters. The number of para-hydroxylation sites is 2. The molecule has 1 heterocycles. The standard InChI is InChI=1S/C19H19NO6/c1-12-6-7-13(8-15(12)21)19(23)25-11-18(22)20-9-14-10-24-16-4-2-3-5-17(16)26-14/h2-8,14,21H,9-11H2,1H3,(H,20,22). The number of nitrogens with one attached hydrogen (secondary N) is 1. The molecule has 0 fully saturated rings. The first kappa shape index (κ1) is 17.6. The molecule has 1 amide bonds. The Kier molecular flexibility index (Phi) is 5.26. The van der Waals surface area contributed by atoms with E-state index in [4.69, 9.17) is 14.2 Å². The summed E-state index contributed by atoms with van der Waals surface area (Å²) in [6.45, 7) is 1.85. The number of carbonyl (C=O) groups is 2. The summed E-state index contributed by atoms with van der Waals surface area (Å²) in [7, 11) is 0. The van der Waals surface area contributed by atoms with Gasteiger partial charge in [-0.25, -0.2) is 4.79 Å². The van der Waals surface area contributed by atoms with Crippen molar-refractivity contribution in [3.8, 4) is 17.2 Å². The second-order valence-corrected chi connectivity index (χ2v) is 5.88. The summed E-state index contributed by atoms with van der Waals surface area (Å²) in [5.74, 6) is 0.173. The average molecular weight is 357 g/mol. The predicted octanol–water partition coefficient (Wildman–Crippen LogP) is 1.81. The lowest BCUT2D eigenvalue weighted by Gasteiger charge is -2.26. The maximum atomic E-state index is 11.9. The van der Waals surface area contributed by atoms with Crippen molar-refractivity contribution in [2.75, 3.05) is 19.8 Å². The van der Waals surface area contributed by atoms with Crippen LogP contribution in [-0.4, -0.2) is 42.8 Å². The fourth-order valence-corrected chi connectivity index (χ4v) is 2.39. The van der Waals surface area contributed by atoms with Gasteiger partial charge in [0.2, 0.25) is 0 Å². The monoisotopic (exact) mass is 357 g/mol. The lowest BCUT2D eigenvalue weighted by atomic mass is 10.1. The molecule has 2 N–H and O–H groups in total. The summed E-state index contributed by atoms with van der Waals surface area (Å²) in [5.41, 5.74) is 0.831. The molecule has 0 spiro atoms. The zero-order valence-electron chi connectivity index (χ0n) is 14.2. The molecule has 1 aliphatic rings. The molecule has 0 aliphatic carbocycles. The van der Waals surface area contributed by atoms with Crippen LogP contribution in [0.25, 0.3) is 0 Å². The van der Waals surface area contributed by atoms with Gasteiger partial charge in [0.15, 0.2) is 18.1 Å². The third kappa shape index (κ3) is 4.24. The van der Waals surface area contributed by atoms with Crippen molar-refractivity contribution in [1.29, 1.82) is 0 Å². The smallest absolute Gasteiger partial charge is 0.338 e. The van der Waals surface area contributed by atoms with Gasteiger partial charge in [-0.1, -0.05) is 18.2 Å². The van der Waals surface area contributed by atoms with E-state index in [-0.39, 0.29) is 24.0 Å². The predicted molar refractivity (Wildman–Crippen MR) is 92.5 cm³/mol. The number of hydrogen-bond acceptors (Lipinski definition) is 6. The lowest BCUT2D eigenvalue weighted by Crippen LogP contribution is -2.42. The van der Waals surface area contributed by atoms with Crippen LogP contribution in [0.1, 0.15) is 15.9 Å². The Morgan fingerprint density at radius 2 is 2.00 bits per heavy atom. The number of amides is 1. The van der Waals surface area contributed by atoms with Crippen LogP contribution in [0.15, 0.2) is 42.5 Å². The van der Waals surface area contributed by atoms with Crippen LogP contribution in [0.5, 0.6) is 17.2 Å². The quantitative estimate of drug-likeness (QED) is 0.793. The molecule has 7 nitrogen and oxygen atoms in total. The number of carbonyl (C=O) groups excluding carboxylic acids is 2. The highest BCUT2D eigenvalue weighted by molar-refractivity contribution is 5.91. The first-order chi connectivity index (χ1) is 12.5. The third-order valence-corrected chi connectivity index (χ3v) is 3.87. The molecule has 7 heteroatoms. The fourth-order valence-electron chi connectivity index (χ4n) is 2.39. The highest BCUT2D eigenvalue weighted by Crippen LogP contribution is 2.30. The van der Waals surface area contributed by atoms with Crippen LogP contribution in [0, 0.1) is 6.92 Å². The molecular weight excluding hydrogens is 338 g/mol. The third-order valence-electron chi connectivity index (χ3n) is 3.87. The number of phenols is 1. The Balaban J connectivity index is 1.43. The van der Waals surface area contributed by atoms with Crippen molar-refractivity contribution >= 4 is 11.9 Å². The SMILES string of the molecule is Cc1ccc(C(=O)OCC(=O)NCC2COc3ccccc3O2)cc1O. The van der Waals surface area contributed by atoms with E-state index >= 15 is 0 Å². The largest absolute Gasteiger partial charge is 0.508 e. The minimum Gasteiger partial charge on any atom is -0.508 e. The van der Waals surface area contributed by atoms with E-state index in [2.05, 4.69) is 5.32 Å². The van der Waals surface area contributed by atoms with Crippen molar-refractivity contribution in [2.45, 2.75) is 13.0 Å². The Labute approximate surface area is 150 Å². The Hall–Kier alpha value is -3.22. The molecule has 2 aromatic carbocycles. The molecule has 26 heavy (non-hydrogen) atoms. The van der Waals surface area contributed by atoms with E-state index in [1.54, 1.807) is 19.1 Å². The van der Waals surface area contributed by atoms with E-state index in [9.17, 15) is 14.7 Å². The number of aryl methyl sites for hydroxylation is 1. The normalized spacial score (nSPS) is 15.2. The fraction of sp³-hybridized carbons (Fsp3) is 0.263. The summed E-state index contributed by atoms with van der Waals surface area (Å²) in [5, 5.41) is 12.3. The van der Waals surface area contributed by atoms with Gasteiger partial charge in [-0.2, -0.15) is 0 Å². The summed E-state index contributed by atoms with van der Waals surface area (Å²) in [4.78, 5) is 23.8. The second kappa shape index (κ2) is 7.77. The van der Waals surface area contributed by atoms with Gasteiger partial charge in [0, 0.05) is 0 Å². The van der Waals surface area contributed by atoms with E-state index in [1.807, 2.05) is 18.2 Å². The van der Waals surface area contributed by atoms with Gasteiger partial charge in [-0.15, -0.1) is 0 Å². The van der Waals surface area contributed by atoms with Crippen LogP contribution < -0.4 is 14.8 Å². The Bertz CT molecular complexity index is 819. The van der Waals surface area contributed by atoms with E-state index in [0.29, 0.717) is 23.7 Å². The molecule has 2 aromatic rings. The molecule has 0 bridgehead atoms. The number of aromatic hydroxyl groups is 1. The second-order valence-electron chi connectivity index (χ2n) is 5.88. The van der Waals surface area contributed by atoms with Crippen LogP contribution in [0.3, 0.4) is 0 Å². The van der Waals surface area contributed by atoms with Gasteiger partial charge >= 0.3 is 5.97 Å². The summed E-state index contributed by atoms with van der Waals surface area (Å²) in [6, 6.07) is 11.7.